The van der Waals surface area contributed by atoms with Crippen LogP contribution in [0.1, 0.15) is 24.1 Å². The molecule has 0 aliphatic carbocycles. The van der Waals surface area contributed by atoms with Crippen molar-refractivity contribution in [3.8, 4) is 11.5 Å². The van der Waals surface area contributed by atoms with Gasteiger partial charge in [-0.3, -0.25) is 0 Å². The third kappa shape index (κ3) is 3.44. The molecule has 2 aromatic carbocycles. The van der Waals surface area contributed by atoms with Crippen LogP contribution >= 0.6 is 11.6 Å². The molecule has 0 aliphatic rings. The Morgan fingerprint density at radius 2 is 2.00 bits per heavy atom. The molecule has 2 aromatic rings. The topological polar surface area (TPSA) is 41.5 Å². The van der Waals surface area contributed by atoms with Crippen LogP contribution in [0.15, 0.2) is 42.5 Å². The first-order valence-electron chi connectivity index (χ1n) is 6.45. The molecular formula is C16H18ClNO2. The van der Waals surface area contributed by atoms with Crippen molar-refractivity contribution in [1.29, 1.82) is 0 Å². The third-order valence-electron chi connectivity index (χ3n) is 3.26. The van der Waals surface area contributed by atoms with E-state index in [-0.39, 0.29) is 11.8 Å². The van der Waals surface area contributed by atoms with Crippen molar-refractivity contribution in [2.75, 3.05) is 7.11 Å². The lowest BCUT2D eigenvalue weighted by Gasteiger charge is -2.16. The Bertz CT molecular complexity index is 586. The monoisotopic (exact) mass is 291 g/mol. The van der Waals surface area contributed by atoms with Gasteiger partial charge in [0.25, 0.3) is 0 Å². The summed E-state index contributed by atoms with van der Waals surface area (Å²) in [5.74, 6) is 0.981. The predicted molar refractivity (Wildman–Crippen MR) is 81.4 cm³/mol. The van der Waals surface area contributed by atoms with Crippen molar-refractivity contribution < 1.29 is 9.84 Å². The molecule has 0 saturated heterocycles. The van der Waals surface area contributed by atoms with Crippen LogP contribution < -0.4 is 10.1 Å². The number of methoxy groups -OCH3 is 1. The van der Waals surface area contributed by atoms with E-state index in [0.29, 0.717) is 6.54 Å². The van der Waals surface area contributed by atoms with E-state index >= 15 is 0 Å². The van der Waals surface area contributed by atoms with Gasteiger partial charge in [0.1, 0.15) is 11.5 Å². The van der Waals surface area contributed by atoms with Crippen LogP contribution in [-0.2, 0) is 6.54 Å². The Labute approximate surface area is 124 Å². The molecule has 20 heavy (non-hydrogen) atoms. The highest BCUT2D eigenvalue weighted by molar-refractivity contribution is 6.31. The van der Waals surface area contributed by atoms with Crippen LogP contribution in [0.5, 0.6) is 11.5 Å². The molecule has 0 unspecified atom stereocenters. The van der Waals surface area contributed by atoms with Crippen molar-refractivity contribution in [2.45, 2.75) is 19.5 Å². The van der Waals surface area contributed by atoms with Crippen molar-refractivity contribution in [3.63, 3.8) is 0 Å². The second kappa shape index (κ2) is 6.64. The molecule has 0 spiro atoms. The number of rotatable bonds is 5. The Balaban J connectivity index is 2.07. The number of halogens is 1. The van der Waals surface area contributed by atoms with E-state index in [1.165, 1.54) is 0 Å². The van der Waals surface area contributed by atoms with Crippen LogP contribution in [0.3, 0.4) is 0 Å². The molecule has 0 radical (unpaired) electrons. The number of ether oxygens (including phenoxy) is 1. The molecule has 0 aromatic heterocycles. The number of phenolic OH excluding ortho intramolecular Hbond substituents is 1. The second-order valence-corrected chi connectivity index (χ2v) is 5.03. The first-order valence-corrected chi connectivity index (χ1v) is 6.83. The average molecular weight is 292 g/mol. The first kappa shape index (κ1) is 14.7. The summed E-state index contributed by atoms with van der Waals surface area (Å²) in [5.41, 5.74) is 1.83. The van der Waals surface area contributed by atoms with Gasteiger partial charge in [0, 0.05) is 23.2 Å². The summed E-state index contributed by atoms with van der Waals surface area (Å²) >= 11 is 6.17. The second-order valence-electron chi connectivity index (χ2n) is 4.62. The number of hydrogen-bond acceptors (Lipinski definition) is 3. The highest BCUT2D eigenvalue weighted by atomic mass is 35.5. The van der Waals surface area contributed by atoms with Crippen LogP contribution in [0, 0.1) is 0 Å². The normalized spacial score (nSPS) is 12.2. The third-order valence-corrected chi connectivity index (χ3v) is 3.60. The molecule has 106 valence electrons. The highest BCUT2D eigenvalue weighted by Gasteiger charge is 2.10. The van der Waals surface area contributed by atoms with Crippen molar-refractivity contribution in [1.82, 2.24) is 5.32 Å². The van der Waals surface area contributed by atoms with Crippen molar-refractivity contribution >= 4 is 11.6 Å². The van der Waals surface area contributed by atoms with Gasteiger partial charge < -0.3 is 15.2 Å². The molecule has 0 heterocycles. The number of nitrogens with one attached hydrogen (secondary N) is 1. The maximum Gasteiger partial charge on any atom is 0.120 e. The van der Waals surface area contributed by atoms with Gasteiger partial charge >= 0.3 is 0 Å². The fourth-order valence-electron chi connectivity index (χ4n) is 2.03. The SMILES string of the molecule is COc1ccc(O)c(CN[C@H](C)c2ccccc2Cl)c1. The molecular weight excluding hydrogens is 274 g/mol. The zero-order valence-electron chi connectivity index (χ0n) is 11.6. The molecule has 0 bridgehead atoms. The minimum Gasteiger partial charge on any atom is -0.508 e. The van der Waals surface area contributed by atoms with Gasteiger partial charge in [0.05, 0.1) is 7.11 Å². The largest absolute Gasteiger partial charge is 0.508 e. The van der Waals surface area contributed by atoms with Gasteiger partial charge in [-0.25, -0.2) is 0 Å². The Morgan fingerprint density at radius 1 is 1.25 bits per heavy atom. The Hall–Kier alpha value is -1.71. The van der Waals surface area contributed by atoms with Gasteiger partial charge in [-0.1, -0.05) is 29.8 Å². The van der Waals surface area contributed by atoms with E-state index in [1.54, 1.807) is 19.2 Å². The lowest BCUT2D eigenvalue weighted by atomic mass is 10.1. The van der Waals surface area contributed by atoms with Gasteiger partial charge in [0.15, 0.2) is 0 Å². The van der Waals surface area contributed by atoms with Crippen LogP contribution in [0.4, 0.5) is 0 Å². The van der Waals surface area contributed by atoms with E-state index < -0.39 is 0 Å². The van der Waals surface area contributed by atoms with E-state index in [1.807, 2.05) is 37.3 Å². The molecule has 0 fully saturated rings. The molecule has 2 N–H and O–H groups in total. The minimum atomic E-state index is 0.0919. The summed E-state index contributed by atoms with van der Waals surface area (Å²) in [6, 6.07) is 13.0. The standard InChI is InChI=1S/C16H18ClNO2/c1-11(14-5-3-4-6-15(14)17)18-10-12-9-13(20-2)7-8-16(12)19/h3-9,11,18-19H,10H2,1-2H3/t11-/m1/s1. The number of hydrogen-bond donors (Lipinski definition) is 2. The maximum atomic E-state index is 9.85. The summed E-state index contributed by atoms with van der Waals surface area (Å²) in [6.07, 6.45) is 0. The van der Waals surface area contributed by atoms with E-state index in [9.17, 15) is 5.11 Å². The Morgan fingerprint density at radius 3 is 2.70 bits per heavy atom. The van der Waals surface area contributed by atoms with Gasteiger partial charge in [-0.15, -0.1) is 0 Å². The predicted octanol–water partition coefficient (Wildman–Crippen LogP) is 3.91. The van der Waals surface area contributed by atoms with E-state index in [4.69, 9.17) is 16.3 Å². The molecule has 0 saturated carbocycles. The van der Waals surface area contributed by atoms with Gasteiger partial charge in [-0.2, -0.15) is 0 Å². The van der Waals surface area contributed by atoms with Crippen LogP contribution in [0.2, 0.25) is 5.02 Å². The van der Waals surface area contributed by atoms with E-state index in [0.717, 1.165) is 21.9 Å². The van der Waals surface area contributed by atoms with Crippen molar-refractivity contribution in [2.24, 2.45) is 0 Å². The van der Waals surface area contributed by atoms with Crippen LogP contribution in [-0.4, -0.2) is 12.2 Å². The number of aromatic hydroxyl groups is 1. The zero-order valence-corrected chi connectivity index (χ0v) is 12.3. The summed E-state index contributed by atoms with van der Waals surface area (Å²) in [4.78, 5) is 0. The van der Waals surface area contributed by atoms with Gasteiger partial charge in [-0.05, 0) is 36.8 Å². The quantitative estimate of drug-likeness (QED) is 0.878. The van der Waals surface area contributed by atoms with E-state index in [2.05, 4.69) is 5.32 Å². The fraction of sp³-hybridized carbons (Fsp3) is 0.250. The molecule has 1 atom stereocenters. The molecule has 0 amide bonds. The first-order chi connectivity index (χ1) is 9.61. The van der Waals surface area contributed by atoms with Gasteiger partial charge in [0.2, 0.25) is 0 Å². The summed E-state index contributed by atoms with van der Waals surface area (Å²) in [7, 11) is 1.61. The minimum absolute atomic E-state index is 0.0919. The lowest BCUT2D eigenvalue weighted by Crippen LogP contribution is -2.18. The van der Waals surface area contributed by atoms with Crippen molar-refractivity contribution in [3.05, 3.63) is 58.6 Å². The number of benzene rings is 2. The number of phenols is 1. The molecule has 0 aliphatic heterocycles. The molecule has 3 nitrogen and oxygen atoms in total. The fourth-order valence-corrected chi connectivity index (χ4v) is 2.33. The Kier molecular flexibility index (Phi) is 4.88. The molecule has 4 heteroatoms. The summed E-state index contributed by atoms with van der Waals surface area (Å²) in [6.45, 7) is 2.58. The summed E-state index contributed by atoms with van der Waals surface area (Å²) in [5, 5.41) is 13.9. The highest BCUT2D eigenvalue weighted by Crippen LogP contribution is 2.25. The average Bonchev–Trinajstić information content (AvgIpc) is 2.46. The summed E-state index contributed by atoms with van der Waals surface area (Å²) < 4.78 is 5.16. The zero-order chi connectivity index (χ0) is 14.5. The maximum absolute atomic E-state index is 9.85. The van der Waals surface area contributed by atoms with Crippen LogP contribution in [0.25, 0.3) is 0 Å². The molecule has 2 rings (SSSR count). The smallest absolute Gasteiger partial charge is 0.120 e. The lowest BCUT2D eigenvalue weighted by molar-refractivity contribution is 0.409.